The number of amides is 2. The molecule has 0 saturated carbocycles. The molecule has 2 rings (SSSR count). The number of benzene rings is 2. The lowest BCUT2D eigenvalue weighted by Gasteiger charge is -2.09. The van der Waals surface area contributed by atoms with Crippen molar-refractivity contribution in [3.05, 3.63) is 62.7 Å². The second-order valence-electron chi connectivity index (χ2n) is 4.99. The van der Waals surface area contributed by atoms with Gasteiger partial charge in [0, 0.05) is 9.13 Å². The number of hydrogen-bond acceptors (Lipinski definition) is 3. The van der Waals surface area contributed by atoms with Crippen LogP contribution in [-0.4, -0.2) is 18.9 Å². The number of nitrogens with one attached hydrogen (secondary N) is 2. The maximum absolute atomic E-state index is 12.0. The minimum atomic E-state index is -0.342. The first kappa shape index (κ1) is 17.3. The average molecular weight is 424 g/mol. The molecule has 0 unspecified atom stereocenters. The van der Waals surface area contributed by atoms with Crippen LogP contribution in [0.25, 0.3) is 0 Å². The van der Waals surface area contributed by atoms with E-state index in [1.807, 2.05) is 25.1 Å². The smallest absolute Gasteiger partial charge is 0.269 e. The van der Waals surface area contributed by atoms with Crippen molar-refractivity contribution < 1.29 is 14.3 Å². The predicted octanol–water partition coefficient (Wildman–Crippen LogP) is 2.61. The van der Waals surface area contributed by atoms with Gasteiger partial charge in [0.2, 0.25) is 5.91 Å². The molecule has 0 spiro atoms. The van der Waals surface area contributed by atoms with Gasteiger partial charge in [0.1, 0.15) is 5.75 Å². The number of hydrazine groups is 1. The van der Waals surface area contributed by atoms with Gasteiger partial charge in [-0.15, -0.1) is 0 Å². The number of aryl methyl sites for hydroxylation is 1. The molecule has 0 heterocycles. The van der Waals surface area contributed by atoms with E-state index in [9.17, 15) is 9.59 Å². The molecule has 5 nitrogen and oxygen atoms in total. The summed E-state index contributed by atoms with van der Waals surface area (Å²) in [6, 6.07) is 12.6. The molecule has 2 aromatic rings. The van der Waals surface area contributed by atoms with Crippen molar-refractivity contribution in [2.24, 2.45) is 0 Å². The SMILES string of the molecule is COc1ccc(CC(=O)NNC(=O)c2ccc(C)c(I)c2)cc1. The molecule has 0 atom stereocenters. The Morgan fingerprint density at radius 2 is 1.78 bits per heavy atom. The van der Waals surface area contributed by atoms with E-state index in [-0.39, 0.29) is 18.2 Å². The molecule has 2 amide bonds. The molecule has 0 fully saturated rings. The van der Waals surface area contributed by atoms with Crippen LogP contribution >= 0.6 is 22.6 Å². The highest BCUT2D eigenvalue weighted by molar-refractivity contribution is 14.1. The molecule has 0 aliphatic carbocycles. The second-order valence-corrected chi connectivity index (χ2v) is 6.15. The summed E-state index contributed by atoms with van der Waals surface area (Å²) in [5.41, 5.74) is 7.28. The van der Waals surface area contributed by atoms with Gasteiger partial charge in [0.15, 0.2) is 0 Å². The van der Waals surface area contributed by atoms with Gasteiger partial charge < -0.3 is 4.74 Å². The molecular weight excluding hydrogens is 407 g/mol. The highest BCUT2D eigenvalue weighted by atomic mass is 127. The second kappa shape index (κ2) is 7.96. The van der Waals surface area contributed by atoms with Crippen LogP contribution < -0.4 is 15.6 Å². The van der Waals surface area contributed by atoms with E-state index in [1.54, 1.807) is 31.4 Å². The monoisotopic (exact) mass is 424 g/mol. The van der Waals surface area contributed by atoms with E-state index < -0.39 is 0 Å². The van der Waals surface area contributed by atoms with Crippen molar-refractivity contribution >= 4 is 34.4 Å². The molecule has 0 aliphatic heterocycles. The number of carbonyl (C=O) groups is 2. The third-order valence-electron chi connectivity index (χ3n) is 3.27. The Morgan fingerprint density at radius 3 is 2.39 bits per heavy atom. The summed E-state index contributed by atoms with van der Waals surface area (Å²) >= 11 is 2.17. The van der Waals surface area contributed by atoms with Gasteiger partial charge in [0.25, 0.3) is 5.91 Å². The van der Waals surface area contributed by atoms with Crippen LogP contribution in [0.1, 0.15) is 21.5 Å². The summed E-state index contributed by atoms with van der Waals surface area (Å²) < 4.78 is 6.06. The summed E-state index contributed by atoms with van der Waals surface area (Å²) in [6.07, 6.45) is 0.176. The molecule has 0 radical (unpaired) electrons. The van der Waals surface area contributed by atoms with Gasteiger partial charge in [-0.3, -0.25) is 20.4 Å². The minimum Gasteiger partial charge on any atom is -0.497 e. The molecule has 0 aromatic heterocycles. The molecular formula is C17H17IN2O3. The Bertz CT molecular complexity index is 714. The fraction of sp³-hybridized carbons (Fsp3) is 0.176. The normalized spacial score (nSPS) is 10.0. The number of methoxy groups -OCH3 is 1. The molecule has 23 heavy (non-hydrogen) atoms. The van der Waals surface area contributed by atoms with Crippen LogP contribution in [0.4, 0.5) is 0 Å². The van der Waals surface area contributed by atoms with Gasteiger partial charge in [-0.1, -0.05) is 18.2 Å². The number of halogens is 1. The fourth-order valence-corrected chi connectivity index (χ4v) is 2.42. The van der Waals surface area contributed by atoms with Crippen molar-refractivity contribution in [3.8, 4) is 5.75 Å². The highest BCUT2D eigenvalue weighted by Gasteiger charge is 2.09. The van der Waals surface area contributed by atoms with Crippen molar-refractivity contribution in [2.75, 3.05) is 7.11 Å². The van der Waals surface area contributed by atoms with Crippen molar-refractivity contribution in [1.29, 1.82) is 0 Å². The average Bonchev–Trinajstić information content (AvgIpc) is 2.56. The summed E-state index contributed by atoms with van der Waals surface area (Å²) in [4.78, 5) is 23.9. The first-order valence-corrected chi connectivity index (χ1v) is 8.05. The van der Waals surface area contributed by atoms with Gasteiger partial charge in [-0.2, -0.15) is 0 Å². The Balaban J connectivity index is 1.87. The third kappa shape index (κ3) is 4.95. The maximum atomic E-state index is 12.0. The van der Waals surface area contributed by atoms with Crippen molar-refractivity contribution in [2.45, 2.75) is 13.3 Å². The first-order valence-electron chi connectivity index (χ1n) is 6.98. The molecule has 2 aromatic carbocycles. The zero-order valence-electron chi connectivity index (χ0n) is 12.9. The molecule has 0 bridgehead atoms. The van der Waals surface area contributed by atoms with Crippen LogP contribution in [0.2, 0.25) is 0 Å². The Labute approximate surface area is 148 Å². The zero-order chi connectivity index (χ0) is 16.8. The molecule has 120 valence electrons. The van der Waals surface area contributed by atoms with Crippen LogP contribution in [0, 0.1) is 10.5 Å². The minimum absolute atomic E-state index is 0.176. The van der Waals surface area contributed by atoms with E-state index >= 15 is 0 Å². The van der Waals surface area contributed by atoms with Crippen molar-refractivity contribution in [3.63, 3.8) is 0 Å². The lowest BCUT2D eigenvalue weighted by molar-refractivity contribution is -0.121. The molecule has 0 saturated heterocycles. The van der Waals surface area contributed by atoms with E-state index in [2.05, 4.69) is 33.4 Å². The molecule has 6 heteroatoms. The Hall–Kier alpha value is -2.09. The molecule has 2 N–H and O–H groups in total. The van der Waals surface area contributed by atoms with Gasteiger partial charge >= 0.3 is 0 Å². The Morgan fingerprint density at radius 1 is 1.09 bits per heavy atom. The topological polar surface area (TPSA) is 67.4 Å². The quantitative estimate of drug-likeness (QED) is 0.586. The van der Waals surface area contributed by atoms with Crippen molar-refractivity contribution in [1.82, 2.24) is 10.9 Å². The summed E-state index contributed by atoms with van der Waals surface area (Å²) in [5.74, 6) is 0.104. The van der Waals surface area contributed by atoms with E-state index in [1.165, 1.54) is 0 Å². The van der Waals surface area contributed by atoms with Crippen LogP contribution in [0.5, 0.6) is 5.75 Å². The number of rotatable bonds is 4. The Kier molecular flexibility index (Phi) is 5.97. The molecule has 0 aliphatic rings. The summed E-state index contributed by atoms with van der Waals surface area (Å²) in [7, 11) is 1.59. The maximum Gasteiger partial charge on any atom is 0.269 e. The predicted molar refractivity (Wildman–Crippen MR) is 96.2 cm³/mol. The van der Waals surface area contributed by atoms with E-state index in [4.69, 9.17) is 4.74 Å². The van der Waals surface area contributed by atoms with Gasteiger partial charge in [0.05, 0.1) is 13.5 Å². The summed E-state index contributed by atoms with van der Waals surface area (Å²) in [6.45, 7) is 1.97. The first-order chi connectivity index (χ1) is 11.0. The fourth-order valence-electron chi connectivity index (χ4n) is 1.91. The van der Waals surface area contributed by atoms with E-state index in [0.29, 0.717) is 5.56 Å². The van der Waals surface area contributed by atoms with Crippen LogP contribution in [0.3, 0.4) is 0 Å². The number of hydrogen-bond donors (Lipinski definition) is 2. The summed E-state index contributed by atoms with van der Waals surface area (Å²) in [5, 5.41) is 0. The van der Waals surface area contributed by atoms with Gasteiger partial charge in [-0.05, 0) is 64.9 Å². The standard InChI is InChI=1S/C17H17IN2O3/c1-11-3-6-13(10-15(11)18)17(22)20-19-16(21)9-12-4-7-14(23-2)8-5-12/h3-8,10H,9H2,1-2H3,(H,19,21)(H,20,22). The van der Waals surface area contributed by atoms with Crippen LogP contribution in [-0.2, 0) is 11.2 Å². The number of carbonyl (C=O) groups excluding carboxylic acids is 2. The third-order valence-corrected chi connectivity index (χ3v) is 4.44. The highest BCUT2D eigenvalue weighted by Crippen LogP contribution is 2.13. The number of ether oxygens (including phenoxy) is 1. The lowest BCUT2D eigenvalue weighted by Crippen LogP contribution is -2.42. The largest absolute Gasteiger partial charge is 0.497 e. The van der Waals surface area contributed by atoms with Crippen LogP contribution in [0.15, 0.2) is 42.5 Å². The van der Waals surface area contributed by atoms with E-state index in [0.717, 1.165) is 20.4 Å². The lowest BCUT2D eigenvalue weighted by atomic mass is 10.1. The zero-order valence-corrected chi connectivity index (χ0v) is 15.0. The van der Waals surface area contributed by atoms with Gasteiger partial charge in [-0.25, -0.2) is 0 Å².